The maximum atomic E-state index is 2.43. The van der Waals surface area contributed by atoms with E-state index in [9.17, 15) is 0 Å². The smallest absolute Gasteiger partial charge is 0.0541 e. The van der Waals surface area contributed by atoms with Crippen molar-refractivity contribution >= 4 is 81.1 Å². The minimum atomic E-state index is 1.12. The van der Waals surface area contributed by atoms with Crippen LogP contribution in [0.5, 0.6) is 0 Å². The molecule has 0 spiro atoms. The number of hydrogen-bond acceptors (Lipinski definition) is 2. The van der Waals surface area contributed by atoms with E-state index in [2.05, 4.69) is 216 Å². The molecular formula is C52H34N2S. The van der Waals surface area contributed by atoms with E-state index in [0.717, 1.165) is 17.1 Å². The summed E-state index contributed by atoms with van der Waals surface area (Å²) in [5, 5.41) is 7.60. The van der Waals surface area contributed by atoms with Crippen LogP contribution >= 0.6 is 11.3 Å². The van der Waals surface area contributed by atoms with Gasteiger partial charge in [0, 0.05) is 53.4 Å². The maximum absolute atomic E-state index is 2.43. The Hall–Kier alpha value is -6.94. The van der Waals surface area contributed by atoms with Crippen molar-refractivity contribution in [1.82, 2.24) is 4.57 Å². The lowest BCUT2D eigenvalue weighted by molar-refractivity contribution is 1.19. The van der Waals surface area contributed by atoms with E-state index in [1.54, 1.807) is 0 Å². The van der Waals surface area contributed by atoms with Crippen LogP contribution in [0.2, 0.25) is 0 Å². The van der Waals surface area contributed by atoms with Crippen LogP contribution in [-0.4, -0.2) is 4.57 Å². The standard InChI is InChI=1S/C52H34N2S/c1-2-15-38(16-3-1)53(48-23-12-14-35-13-4-5-19-43(35)48)39-28-25-36(26-29-39)41-17-6-7-18-42(41)37-27-32-50-47(33-37)44-20-8-10-22-49(44)54(50)40-30-31-46-45-21-9-11-24-51(45)55-52(46)34-40/h1-34H. The first-order valence-electron chi connectivity index (χ1n) is 18.8. The Labute approximate surface area is 323 Å². The molecule has 2 aromatic heterocycles. The Morgan fingerprint density at radius 3 is 1.84 bits per heavy atom. The third kappa shape index (κ3) is 5.24. The van der Waals surface area contributed by atoms with E-state index in [4.69, 9.17) is 0 Å². The van der Waals surface area contributed by atoms with E-state index >= 15 is 0 Å². The molecule has 0 fully saturated rings. The first kappa shape index (κ1) is 31.6. The van der Waals surface area contributed by atoms with Gasteiger partial charge >= 0.3 is 0 Å². The summed E-state index contributed by atoms with van der Waals surface area (Å²) in [6, 6.07) is 75.1. The van der Waals surface area contributed by atoms with Gasteiger partial charge in [-0.2, -0.15) is 0 Å². The molecule has 0 saturated heterocycles. The Balaban J connectivity index is 1.01. The zero-order valence-electron chi connectivity index (χ0n) is 29.9. The first-order valence-corrected chi connectivity index (χ1v) is 19.6. The maximum Gasteiger partial charge on any atom is 0.0541 e. The van der Waals surface area contributed by atoms with Gasteiger partial charge in [-0.15, -0.1) is 11.3 Å². The van der Waals surface area contributed by atoms with Crippen molar-refractivity contribution in [3.63, 3.8) is 0 Å². The second-order valence-electron chi connectivity index (χ2n) is 14.1. The van der Waals surface area contributed by atoms with E-state index in [1.165, 1.54) is 80.7 Å². The predicted molar refractivity (Wildman–Crippen MR) is 237 cm³/mol. The number of thiophene rings is 1. The Morgan fingerprint density at radius 2 is 0.982 bits per heavy atom. The number of anilines is 3. The van der Waals surface area contributed by atoms with Crippen molar-refractivity contribution < 1.29 is 0 Å². The van der Waals surface area contributed by atoms with Gasteiger partial charge in [0.1, 0.15) is 0 Å². The fourth-order valence-corrected chi connectivity index (χ4v) is 9.60. The highest BCUT2D eigenvalue weighted by molar-refractivity contribution is 7.25. The average Bonchev–Trinajstić information content (AvgIpc) is 3.79. The monoisotopic (exact) mass is 718 g/mol. The number of benzene rings is 9. The Kier molecular flexibility index (Phi) is 7.39. The third-order valence-corrected chi connectivity index (χ3v) is 12.1. The summed E-state index contributed by atoms with van der Waals surface area (Å²) in [5.74, 6) is 0. The van der Waals surface area contributed by atoms with Crippen LogP contribution in [0.1, 0.15) is 0 Å². The van der Waals surface area contributed by atoms with Crippen LogP contribution < -0.4 is 4.90 Å². The molecule has 0 saturated carbocycles. The molecule has 0 aliphatic heterocycles. The quantitative estimate of drug-likeness (QED) is 0.166. The van der Waals surface area contributed by atoms with Gasteiger partial charge in [-0.05, 0) is 94.4 Å². The largest absolute Gasteiger partial charge is 0.310 e. The molecule has 55 heavy (non-hydrogen) atoms. The fraction of sp³-hybridized carbons (Fsp3) is 0. The van der Waals surface area contributed by atoms with Crippen LogP contribution in [0.15, 0.2) is 206 Å². The molecule has 0 atom stereocenters. The highest BCUT2D eigenvalue weighted by Crippen LogP contribution is 2.42. The molecule has 11 rings (SSSR count). The normalized spacial score (nSPS) is 11.6. The second kappa shape index (κ2) is 12.9. The molecule has 0 unspecified atom stereocenters. The van der Waals surface area contributed by atoms with Crippen LogP contribution in [0.25, 0.3) is 80.7 Å². The first-order chi connectivity index (χ1) is 27.3. The molecule has 0 amide bonds. The van der Waals surface area contributed by atoms with Crippen molar-refractivity contribution in [2.75, 3.05) is 4.90 Å². The highest BCUT2D eigenvalue weighted by atomic mass is 32.1. The molecule has 2 heterocycles. The van der Waals surface area contributed by atoms with Gasteiger partial charge in [0.25, 0.3) is 0 Å². The summed E-state index contributed by atoms with van der Waals surface area (Å²) in [6.45, 7) is 0. The molecule has 3 heteroatoms. The molecule has 0 aliphatic rings. The third-order valence-electron chi connectivity index (χ3n) is 11.0. The minimum absolute atomic E-state index is 1.12. The Bertz CT molecular complexity index is 3200. The lowest BCUT2D eigenvalue weighted by atomic mass is 9.93. The molecule has 0 radical (unpaired) electrons. The topological polar surface area (TPSA) is 8.17 Å². The number of aromatic nitrogens is 1. The Morgan fingerprint density at radius 1 is 0.364 bits per heavy atom. The number of rotatable bonds is 6. The molecule has 0 N–H and O–H groups in total. The number of hydrogen-bond donors (Lipinski definition) is 0. The molecule has 0 bridgehead atoms. The van der Waals surface area contributed by atoms with Gasteiger partial charge in [-0.1, -0.05) is 140 Å². The second-order valence-corrected chi connectivity index (χ2v) is 15.2. The van der Waals surface area contributed by atoms with Crippen LogP contribution in [0.3, 0.4) is 0 Å². The van der Waals surface area contributed by atoms with Gasteiger partial charge in [0.15, 0.2) is 0 Å². The molecule has 11 aromatic rings. The van der Waals surface area contributed by atoms with Gasteiger partial charge in [0.05, 0.1) is 16.7 Å². The molecular weight excluding hydrogens is 685 g/mol. The van der Waals surface area contributed by atoms with Gasteiger partial charge < -0.3 is 9.47 Å². The molecule has 2 nitrogen and oxygen atoms in total. The number of para-hydroxylation sites is 2. The summed E-state index contributed by atoms with van der Waals surface area (Å²) in [5.41, 5.74) is 11.8. The summed E-state index contributed by atoms with van der Waals surface area (Å²) in [4.78, 5) is 2.36. The zero-order chi connectivity index (χ0) is 36.3. The van der Waals surface area contributed by atoms with Crippen LogP contribution in [0, 0.1) is 0 Å². The summed E-state index contributed by atoms with van der Waals surface area (Å²) in [6.07, 6.45) is 0. The number of fused-ring (bicyclic) bond motifs is 7. The lowest BCUT2D eigenvalue weighted by Crippen LogP contribution is -2.10. The van der Waals surface area contributed by atoms with Crippen molar-refractivity contribution in [2.24, 2.45) is 0 Å². The summed E-state index contributed by atoms with van der Waals surface area (Å²) >= 11 is 1.87. The number of nitrogens with zero attached hydrogens (tertiary/aromatic N) is 2. The predicted octanol–water partition coefficient (Wildman–Crippen LogP) is 15.1. The van der Waals surface area contributed by atoms with Crippen molar-refractivity contribution in [1.29, 1.82) is 0 Å². The lowest BCUT2D eigenvalue weighted by Gasteiger charge is -2.27. The van der Waals surface area contributed by atoms with E-state index < -0.39 is 0 Å². The van der Waals surface area contributed by atoms with E-state index in [-0.39, 0.29) is 0 Å². The minimum Gasteiger partial charge on any atom is -0.310 e. The average molecular weight is 719 g/mol. The molecule has 0 aliphatic carbocycles. The summed E-state index contributed by atoms with van der Waals surface area (Å²) < 4.78 is 5.07. The van der Waals surface area contributed by atoms with Crippen molar-refractivity contribution in [3.05, 3.63) is 206 Å². The highest BCUT2D eigenvalue weighted by Gasteiger charge is 2.18. The SMILES string of the molecule is c1ccc(N(c2ccc(-c3ccccc3-c3ccc4c(c3)c3ccccc3n4-c3ccc4c(c3)sc3ccccc34)cc2)c2cccc3ccccc23)cc1. The zero-order valence-corrected chi connectivity index (χ0v) is 30.7. The van der Waals surface area contributed by atoms with Crippen LogP contribution in [0.4, 0.5) is 17.1 Å². The summed E-state index contributed by atoms with van der Waals surface area (Å²) in [7, 11) is 0. The van der Waals surface area contributed by atoms with Gasteiger partial charge in [-0.3, -0.25) is 0 Å². The van der Waals surface area contributed by atoms with E-state index in [0.29, 0.717) is 0 Å². The molecule has 258 valence electrons. The fourth-order valence-electron chi connectivity index (χ4n) is 8.46. The van der Waals surface area contributed by atoms with Gasteiger partial charge in [0.2, 0.25) is 0 Å². The van der Waals surface area contributed by atoms with Gasteiger partial charge in [-0.25, -0.2) is 0 Å². The molecule has 9 aromatic carbocycles. The van der Waals surface area contributed by atoms with Crippen molar-refractivity contribution in [3.8, 4) is 27.9 Å². The van der Waals surface area contributed by atoms with Crippen molar-refractivity contribution in [2.45, 2.75) is 0 Å². The van der Waals surface area contributed by atoms with E-state index in [1.807, 2.05) is 11.3 Å². The van der Waals surface area contributed by atoms with Crippen LogP contribution in [-0.2, 0) is 0 Å².